The Morgan fingerprint density at radius 2 is 1.76 bits per heavy atom. The number of carbonyl (C=O) groups excluding carboxylic acids is 1. The topological polar surface area (TPSA) is 55.1 Å². The van der Waals surface area contributed by atoms with Crippen molar-refractivity contribution in [2.75, 3.05) is 6.54 Å². The lowest BCUT2D eigenvalue weighted by Crippen LogP contribution is -2.49. The third kappa shape index (κ3) is 5.50. The molecule has 3 heteroatoms. The van der Waals surface area contributed by atoms with Crippen molar-refractivity contribution in [1.82, 2.24) is 5.32 Å². The third-order valence-corrected chi connectivity index (χ3v) is 4.49. The number of amides is 1. The molecule has 0 spiro atoms. The van der Waals surface area contributed by atoms with Crippen LogP contribution in [0.5, 0.6) is 0 Å². The summed E-state index contributed by atoms with van der Waals surface area (Å²) in [6, 6.07) is 8.54. The highest BCUT2D eigenvalue weighted by Crippen LogP contribution is 2.20. The van der Waals surface area contributed by atoms with Crippen molar-refractivity contribution in [3.05, 3.63) is 35.4 Å². The van der Waals surface area contributed by atoms with Gasteiger partial charge in [-0.05, 0) is 36.3 Å². The Morgan fingerprint density at radius 1 is 1.19 bits per heavy atom. The zero-order chi connectivity index (χ0) is 15.9. The molecule has 0 fully saturated rings. The minimum atomic E-state index is -0.276. The van der Waals surface area contributed by atoms with Crippen molar-refractivity contribution in [3.8, 4) is 0 Å². The Kier molecular flexibility index (Phi) is 6.90. The molecule has 1 unspecified atom stereocenters. The number of rotatable bonds is 8. The smallest absolute Gasteiger partial charge is 0.220 e. The zero-order valence-electron chi connectivity index (χ0n) is 13.9. The summed E-state index contributed by atoms with van der Waals surface area (Å²) in [5.41, 5.74) is 8.47. The van der Waals surface area contributed by atoms with Gasteiger partial charge in [0, 0.05) is 18.5 Å². The van der Waals surface area contributed by atoms with Crippen LogP contribution in [0.3, 0.4) is 0 Å². The summed E-state index contributed by atoms with van der Waals surface area (Å²) < 4.78 is 0. The molecule has 1 amide bonds. The van der Waals surface area contributed by atoms with E-state index in [9.17, 15) is 4.79 Å². The van der Waals surface area contributed by atoms with Gasteiger partial charge in [0.2, 0.25) is 5.91 Å². The summed E-state index contributed by atoms with van der Waals surface area (Å²) in [6.45, 7) is 8.92. The molecule has 3 N–H and O–H groups in total. The van der Waals surface area contributed by atoms with Gasteiger partial charge >= 0.3 is 0 Å². The fourth-order valence-corrected chi connectivity index (χ4v) is 2.32. The molecule has 1 aromatic carbocycles. The van der Waals surface area contributed by atoms with Crippen LogP contribution in [-0.2, 0) is 11.2 Å². The molecule has 0 bridgehead atoms. The van der Waals surface area contributed by atoms with Crippen LogP contribution in [0.25, 0.3) is 0 Å². The maximum Gasteiger partial charge on any atom is 0.220 e. The second-order valence-electron chi connectivity index (χ2n) is 6.05. The summed E-state index contributed by atoms with van der Waals surface area (Å²) in [5.74, 6) is 0.310. The third-order valence-electron chi connectivity index (χ3n) is 4.49. The predicted molar refractivity (Wildman–Crippen MR) is 89.4 cm³/mol. The molecule has 118 valence electrons. The molecular formula is C18H30N2O. The first kappa shape index (κ1) is 17.7. The number of aryl methyl sites for hydroxylation is 1. The molecule has 0 heterocycles. The van der Waals surface area contributed by atoms with Crippen molar-refractivity contribution in [1.29, 1.82) is 0 Å². The lowest BCUT2D eigenvalue weighted by Gasteiger charge is -2.27. The van der Waals surface area contributed by atoms with Gasteiger partial charge in [0.15, 0.2) is 0 Å². The molecule has 0 aromatic heterocycles. The minimum absolute atomic E-state index is 0.0822. The fourth-order valence-electron chi connectivity index (χ4n) is 2.32. The van der Waals surface area contributed by atoms with Crippen molar-refractivity contribution in [3.63, 3.8) is 0 Å². The maximum atomic E-state index is 12.1. The van der Waals surface area contributed by atoms with Gasteiger partial charge in [-0.15, -0.1) is 0 Å². The number of benzene rings is 1. The Hall–Kier alpha value is -1.35. The molecule has 1 atom stereocenters. The van der Waals surface area contributed by atoms with E-state index >= 15 is 0 Å². The monoisotopic (exact) mass is 290 g/mol. The second kappa shape index (κ2) is 8.18. The second-order valence-corrected chi connectivity index (χ2v) is 6.05. The Balaban J connectivity index is 2.49. The van der Waals surface area contributed by atoms with E-state index in [1.165, 1.54) is 11.1 Å². The van der Waals surface area contributed by atoms with E-state index in [0.717, 1.165) is 19.3 Å². The lowest BCUT2D eigenvalue weighted by molar-refractivity contribution is -0.121. The van der Waals surface area contributed by atoms with E-state index in [1.807, 2.05) is 0 Å². The number of carbonyl (C=O) groups is 1. The van der Waals surface area contributed by atoms with Gasteiger partial charge < -0.3 is 11.1 Å². The standard InChI is InChI=1S/C18H30N2O/c1-5-15-8-10-16(11-9-15)14(4)12-17(21)20-13-18(19,6-2)7-3/h8-11,14H,5-7,12-13,19H2,1-4H3,(H,20,21). The van der Waals surface area contributed by atoms with Crippen molar-refractivity contribution in [2.45, 2.75) is 64.8 Å². The number of hydrogen-bond acceptors (Lipinski definition) is 2. The zero-order valence-corrected chi connectivity index (χ0v) is 13.9. The SMILES string of the molecule is CCc1ccc(C(C)CC(=O)NCC(N)(CC)CC)cc1. The average molecular weight is 290 g/mol. The van der Waals surface area contributed by atoms with Crippen molar-refractivity contribution < 1.29 is 4.79 Å². The Morgan fingerprint density at radius 3 is 2.24 bits per heavy atom. The predicted octanol–water partition coefficient (Wildman–Crippen LogP) is 3.38. The van der Waals surface area contributed by atoms with E-state index in [4.69, 9.17) is 5.73 Å². The Bertz CT molecular complexity index is 435. The minimum Gasteiger partial charge on any atom is -0.354 e. The normalized spacial score (nSPS) is 13.0. The van der Waals surface area contributed by atoms with Crippen LogP contribution in [0, 0.1) is 0 Å². The maximum absolute atomic E-state index is 12.1. The van der Waals surface area contributed by atoms with Crippen LogP contribution in [-0.4, -0.2) is 18.0 Å². The van der Waals surface area contributed by atoms with Crippen LogP contribution in [0.1, 0.15) is 64.0 Å². The van der Waals surface area contributed by atoms with Crippen LogP contribution in [0.15, 0.2) is 24.3 Å². The van der Waals surface area contributed by atoms with Crippen LogP contribution < -0.4 is 11.1 Å². The van der Waals surface area contributed by atoms with E-state index in [2.05, 4.69) is 57.3 Å². The van der Waals surface area contributed by atoms with Crippen molar-refractivity contribution in [2.24, 2.45) is 5.73 Å². The molecule has 21 heavy (non-hydrogen) atoms. The first-order valence-corrected chi connectivity index (χ1v) is 8.08. The highest BCUT2D eigenvalue weighted by Gasteiger charge is 2.21. The first-order chi connectivity index (χ1) is 9.94. The van der Waals surface area contributed by atoms with Gasteiger partial charge in [-0.2, -0.15) is 0 Å². The summed E-state index contributed by atoms with van der Waals surface area (Å²) >= 11 is 0. The quantitative estimate of drug-likeness (QED) is 0.771. The summed E-state index contributed by atoms with van der Waals surface area (Å²) in [6.07, 6.45) is 3.30. The fraction of sp³-hybridized carbons (Fsp3) is 0.611. The summed E-state index contributed by atoms with van der Waals surface area (Å²) in [5, 5.41) is 2.98. The number of nitrogens with one attached hydrogen (secondary N) is 1. The lowest BCUT2D eigenvalue weighted by atomic mass is 9.93. The Labute approximate surface area is 129 Å². The number of nitrogens with two attached hydrogens (primary N) is 1. The van der Waals surface area contributed by atoms with Crippen LogP contribution >= 0.6 is 0 Å². The van der Waals surface area contributed by atoms with Crippen LogP contribution in [0.2, 0.25) is 0 Å². The highest BCUT2D eigenvalue weighted by atomic mass is 16.1. The van der Waals surface area contributed by atoms with Crippen LogP contribution in [0.4, 0.5) is 0 Å². The average Bonchev–Trinajstić information content (AvgIpc) is 2.52. The molecule has 1 aromatic rings. The molecule has 0 saturated heterocycles. The number of hydrogen-bond donors (Lipinski definition) is 2. The van der Waals surface area contributed by atoms with E-state index in [0.29, 0.717) is 13.0 Å². The molecular weight excluding hydrogens is 260 g/mol. The van der Waals surface area contributed by atoms with Gasteiger partial charge in [-0.1, -0.05) is 52.0 Å². The molecule has 3 nitrogen and oxygen atoms in total. The van der Waals surface area contributed by atoms with Gasteiger partial charge in [0.25, 0.3) is 0 Å². The summed E-state index contributed by atoms with van der Waals surface area (Å²) in [4.78, 5) is 12.1. The molecule has 0 radical (unpaired) electrons. The van der Waals surface area contributed by atoms with Gasteiger partial charge in [-0.3, -0.25) is 4.79 Å². The van der Waals surface area contributed by atoms with Crippen molar-refractivity contribution >= 4 is 5.91 Å². The molecule has 0 aliphatic rings. The van der Waals surface area contributed by atoms with Gasteiger partial charge in [-0.25, -0.2) is 0 Å². The van der Waals surface area contributed by atoms with E-state index in [-0.39, 0.29) is 17.4 Å². The highest BCUT2D eigenvalue weighted by molar-refractivity contribution is 5.76. The van der Waals surface area contributed by atoms with Gasteiger partial charge in [0.05, 0.1) is 0 Å². The largest absolute Gasteiger partial charge is 0.354 e. The molecule has 0 aliphatic heterocycles. The van der Waals surface area contributed by atoms with Gasteiger partial charge in [0.1, 0.15) is 0 Å². The van der Waals surface area contributed by atoms with E-state index < -0.39 is 0 Å². The first-order valence-electron chi connectivity index (χ1n) is 8.08. The molecule has 0 aliphatic carbocycles. The molecule has 0 saturated carbocycles. The summed E-state index contributed by atoms with van der Waals surface area (Å²) in [7, 11) is 0. The van der Waals surface area contributed by atoms with E-state index in [1.54, 1.807) is 0 Å². The molecule has 1 rings (SSSR count).